The lowest BCUT2D eigenvalue weighted by Gasteiger charge is -2.43. The van der Waals surface area contributed by atoms with Crippen molar-refractivity contribution in [2.24, 2.45) is 5.92 Å². The van der Waals surface area contributed by atoms with Crippen molar-refractivity contribution in [3.8, 4) is 11.1 Å². The van der Waals surface area contributed by atoms with Crippen LogP contribution in [-0.2, 0) is 28.0 Å². The second-order valence-corrected chi connectivity index (χ2v) is 10.4. The molecule has 2 atom stereocenters. The molecule has 8 heteroatoms. The molecule has 2 heterocycles. The summed E-state index contributed by atoms with van der Waals surface area (Å²) in [5.41, 5.74) is 2.11. The van der Waals surface area contributed by atoms with Gasteiger partial charge in [-0.3, -0.25) is 9.78 Å². The Bertz CT molecular complexity index is 1300. The first kappa shape index (κ1) is 29.2. The van der Waals surface area contributed by atoms with Crippen molar-refractivity contribution in [3.63, 3.8) is 0 Å². The number of methoxy groups -OCH3 is 1. The van der Waals surface area contributed by atoms with E-state index in [4.69, 9.17) is 0 Å². The molecule has 7 nitrogen and oxygen atoms in total. The highest BCUT2D eigenvalue weighted by Gasteiger charge is 2.43. The summed E-state index contributed by atoms with van der Waals surface area (Å²) in [7, 11) is 1.30. The summed E-state index contributed by atoms with van der Waals surface area (Å²) in [5.74, 6) is -0.741. The summed E-state index contributed by atoms with van der Waals surface area (Å²) >= 11 is 0. The lowest BCUT2D eigenvalue weighted by atomic mass is 9.72. The number of amides is 2. The first-order chi connectivity index (χ1) is 19.4. The van der Waals surface area contributed by atoms with Crippen molar-refractivity contribution in [2.75, 3.05) is 26.7 Å². The molecule has 2 amide bonds. The molecular formula is C32H38FN3O4. The highest BCUT2D eigenvalue weighted by molar-refractivity contribution is 5.79. The fraction of sp³-hybridized carbons (Fsp3) is 0.406. The number of likely N-dealkylation sites (tertiary alicyclic amines) is 1. The number of nitrogens with zero attached hydrogens (tertiary/aromatic N) is 2. The molecular weight excluding hydrogens is 509 g/mol. The van der Waals surface area contributed by atoms with Crippen LogP contribution in [0.2, 0.25) is 0 Å². The molecule has 2 aromatic carbocycles. The SMILES string of the molecule is CCc1cccc(-c2c(F)cccc2[C@](O)(CCCNC(=O)OC)[C@@H]2CCCN(C(=O)Cc3ccncc3)C2)c1. The van der Waals surface area contributed by atoms with E-state index < -0.39 is 17.5 Å². The van der Waals surface area contributed by atoms with E-state index in [1.807, 2.05) is 48.2 Å². The Balaban J connectivity index is 1.68. The number of ether oxygens (including phenoxy) is 1. The van der Waals surface area contributed by atoms with Gasteiger partial charge in [0, 0.05) is 43.5 Å². The van der Waals surface area contributed by atoms with Gasteiger partial charge in [0.05, 0.1) is 19.1 Å². The number of carbonyl (C=O) groups excluding carboxylic acids is 2. The minimum Gasteiger partial charge on any atom is -0.453 e. The molecule has 0 aliphatic carbocycles. The Hall–Kier alpha value is -3.78. The highest BCUT2D eigenvalue weighted by atomic mass is 19.1. The Morgan fingerprint density at radius 2 is 1.93 bits per heavy atom. The number of rotatable bonds is 10. The summed E-state index contributed by atoms with van der Waals surface area (Å²) in [6, 6.07) is 16.2. The monoisotopic (exact) mass is 547 g/mol. The number of piperidine rings is 1. The van der Waals surface area contributed by atoms with Crippen molar-refractivity contribution in [1.29, 1.82) is 0 Å². The lowest BCUT2D eigenvalue weighted by molar-refractivity contribution is -0.136. The maximum absolute atomic E-state index is 15.6. The van der Waals surface area contributed by atoms with E-state index >= 15 is 4.39 Å². The van der Waals surface area contributed by atoms with Crippen molar-refractivity contribution in [1.82, 2.24) is 15.2 Å². The summed E-state index contributed by atoms with van der Waals surface area (Å²) in [5, 5.41) is 15.2. The van der Waals surface area contributed by atoms with Crippen LogP contribution in [-0.4, -0.2) is 53.7 Å². The van der Waals surface area contributed by atoms with Crippen LogP contribution in [0, 0.1) is 11.7 Å². The van der Waals surface area contributed by atoms with Gasteiger partial charge in [-0.05, 0) is 72.6 Å². The number of benzene rings is 2. The molecule has 0 saturated carbocycles. The molecule has 0 unspecified atom stereocenters. The number of nitrogens with one attached hydrogen (secondary N) is 1. The van der Waals surface area contributed by atoms with Crippen LogP contribution in [0.25, 0.3) is 11.1 Å². The summed E-state index contributed by atoms with van der Waals surface area (Å²) in [6.45, 7) is 3.30. The van der Waals surface area contributed by atoms with Crippen LogP contribution in [0.1, 0.15) is 49.3 Å². The Morgan fingerprint density at radius 1 is 1.15 bits per heavy atom. The van der Waals surface area contributed by atoms with Gasteiger partial charge in [-0.2, -0.15) is 0 Å². The fourth-order valence-electron chi connectivity index (χ4n) is 5.68. The van der Waals surface area contributed by atoms with E-state index in [-0.39, 0.29) is 24.7 Å². The summed E-state index contributed by atoms with van der Waals surface area (Å²) < 4.78 is 20.3. The second-order valence-electron chi connectivity index (χ2n) is 10.4. The predicted octanol–water partition coefficient (Wildman–Crippen LogP) is 5.26. The average molecular weight is 548 g/mol. The minimum absolute atomic E-state index is 0.0132. The molecule has 1 aromatic heterocycles. The van der Waals surface area contributed by atoms with E-state index in [9.17, 15) is 14.7 Å². The molecule has 0 bridgehead atoms. The number of pyridine rings is 1. The summed E-state index contributed by atoms with van der Waals surface area (Å²) in [4.78, 5) is 30.7. The van der Waals surface area contributed by atoms with E-state index in [0.717, 1.165) is 24.0 Å². The molecule has 212 valence electrons. The maximum Gasteiger partial charge on any atom is 0.406 e. The van der Waals surface area contributed by atoms with Crippen LogP contribution in [0.3, 0.4) is 0 Å². The number of aliphatic hydroxyl groups is 1. The zero-order valence-electron chi connectivity index (χ0n) is 23.2. The number of carbonyl (C=O) groups is 2. The molecule has 4 rings (SSSR count). The molecule has 1 aliphatic rings. The second kappa shape index (κ2) is 13.5. The van der Waals surface area contributed by atoms with Gasteiger partial charge in [0.15, 0.2) is 0 Å². The number of hydrogen-bond acceptors (Lipinski definition) is 5. The quantitative estimate of drug-likeness (QED) is 0.338. The van der Waals surface area contributed by atoms with Crippen LogP contribution in [0.5, 0.6) is 0 Å². The van der Waals surface area contributed by atoms with Gasteiger partial charge in [-0.15, -0.1) is 0 Å². The lowest BCUT2D eigenvalue weighted by Crippen LogP contribution is -2.49. The van der Waals surface area contributed by atoms with E-state index in [1.165, 1.54) is 13.2 Å². The smallest absolute Gasteiger partial charge is 0.406 e. The third-order valence-corrected chi connectivity index (χ3v) is 7.85. The molecule has 1 aliphatic heterocycles. The van der Waals surface area contributed by atoms with Crippen molar-refractivity contribution in [2.45, 2.75) is 51.0 Å². The molecule has 3 aromatic rings. The minimum atomic E-state index is -1.44. The highest BCUT2D eigenvalue weighted by Crippen LogP contribution is 2.44. The number of aryl methyl sites for hydroxylation is 1. The molecule has 0 radical (unpaired) electrons. The zero-order valence-corrected chi connectivity index (χ0v) is 23.2. The maximum atomic E-state index is 15.6. The molecule has 0 spiro atoms. The Morgan fingerprint density at radius 3 is 2.67 bits per heavy atom. The van der Waals surface area contributed by atoms with Gasteiger partial charge >= 0.3 is 6.09 Å². The normalized spacial score (nSPS) is 16.7. The van der Waals surface area contributed by atoms with Gasteiger partial charge < -0.3 is 20.1 Å². The Labute approximate surface area is 235 Å². The zero-order chi connectivity index (χ0) is 28.5. The van der Waals surface area contributed by atoms with E-state index in [1.54, 1.807) is 24.5 Å². The van der Waals surface area contributed by atoms with E-state index in [2.05, 4.69) is 15.0 Å². The molecule has 40 heavy (non-hydrogen) atoms. The first-order valence-corrected chi connectivity index (χ1v) is 13.9. The van der Waals surface area contributed by atoms with Gasteiger partial charge in [0.25, 0.3) is 0 Å². The largest absolute Gasteiger partial charge is 0.453 e. The predicted molar refractivity (Wildman–Crippen MR) is 152 cm³/mol. The van der Waals surface area contributed by atoms with Crippen molar-refractivity contribution in [3.05, 3.63) is 89.5 Å². The van der Waals surface area contributed by atoms with Crippen LogP contribution in [0.4, 0.5) is 9.18 Å². The number of halogens is 1. The Kier molecular flexibility index (Phi) is 9.88. The van der Waals surface area contributed by atoms with Gasteiger partial charge in [-0.1, -0.05) is 43.3 Å². The first-order valence-electron chi connectivity index (χ1n) is 13.9. The number of alkyl carbamates (subject to hydrolysis) is 1. The van der Waals surface area contributed by atoms with Gasteiger partial charge in [0.1, 0.15) is 5.82 Å². The molecule has 2 N–H and O–H groups in total. The van der Waals surface area contributed by atoms with Gasteiger partial charge in [0.2, 0.25) is 5.91 Å². The van der Waals surface area contributed by atoms with Crippen molar-refractivity contribution < 1.29 is 23.8 Å². The number of hydrogen-bond donors (Lipinski definition) is 2. The third-order valence-electron chi connectivity index (χ3n) is 7.85. The van der Waals surface area contributed by atoms with Crippen molar-refractivity contribution >= 4 is 12.0 Å². The summed E-state index contributed by atoms with van der Waals surface area (Å²) in [6.07, 6.45) is 5.98. The van der Waals surface area contributed by atoms with Crippen LogP contribution < -0.4 is 5.32 Å². The molecule has 1 fully saturated rings. The van der Waals surface area contributed by atoms with Gasteiger partial charge in [-0.25, -0.2) is 9.18 Å². The van der Waals surface area contributed by atoms with Crippen LogP contribution >= 0.6 is 0 Å². The fourth-order valence-corrected chi connectivity index (χ4v) is 5.68. The number of aromatic nitrogens is 1. The molecule has 1 saturated heterocycles. The van der Waals surface area contributed by atoms with Crippen LogP contribution in [0.15, 0.2) is 67.0 Å². The third kappa shape index (κ3) is 6.86. The van der Waals surface area contributed by atoms with E-state index in [0.29, 0.717) is 49.2 Å². The standard InChI is InChI=1S/C32H38FN3O4/c1-3-23-8-4-9-25(20-23)30-27(11-5-12-28(30)33)32(39,15-7-16-35-31(38)40-2)26-10-6-19-36(22-26)29(37)21-24-13-17-34-18-14-24/h4-5,8-9,11-14,17-18,20,26,39H,3,6-7,10,15-16,19,21-22H2,1-2H3,(H,35,38)/t26-,32+/m1/s1. The average Bonchev–Trinajstić information content (AvgIpc) is 2.99. The topological polar surface area (TPSA) is 91.8 Å².